The lowest BCUT2D eigenvalue weighted by Crippen LogP contribution is -2.22. The van der Waals surface area contributed by atoms with E-state index in [1.54, 1.807) is 6.92 Å². The van der Waals surface area contributed by atoms with Crippen LogP contribution in [0.25, 0.3) is 28.0 Å². The first-order valence-corrected chi connectivity index (χ1v) is 11.1. The van der Waals surface area contributed by atoms with Crippen LogP contribution in [0.3, 0.4) is 0 Å². The number of hydrogen-bond acceptors (Lipinski definition) is 5. The van der Waals surface area contributed by atoms with Crippen LogP contribution in [-0.4, -0.2) is 29.2 Å². The zero-order chi connectivity index (χ0) is 23.2. The molecular formula is C21H15F3N4O3S. The lowest BCUT2D eigenvalue weighted by atomic mass is 10.0. The van der Waals surface area contributed by atoms with Gasteiger partial charge in [0, 0.05) is 17.0 Å². The molecule has 0 aliphatic rings. The zero-order valence-electron chi connectivity index (χ0n) is 16.7. The molecule has 2 heterocycles. The Morgan fingerprint density at radius 2 is 1.66 bits per heavy atom. The highest BCUT2D eigenvalue weighted by Crippen LogP contribution is 2.31. The number of rotatable bonds is 4. The van der Waals surface area contributed by atoms with Gasteiger partial charge in [-0.1, -0.05) is 6.07 Å². The molecule has 0 aliphatic heterocycles. The quantitative estimate of drug-likeness (QED) is 0.503. The van der Waals surface area contributed by atoms with Gasteiger partial charge in [0.05, 0.1) is 11.9 Å². The molecule has 4 rings (SSSR count). The molecule has 0 spiro atoms. The fourth-order valence-electron chi connectivity index (χ4n) is 3.34. The normalized spacial score (nSPS) is 11.7. The standard InChI is InChI=1S/C21H15F3N4O3S/c1-11-10-12(22)6-7-13(11)18-14-8-9-17(29)28(19-15(23)4-3-5-16(19)24)20(14)26-21(25-18)27-32(2,30)31/h3-10H,1-2H3,(H,25,26,27). The predicted octanol–water partition coefficient (Wildman–Crippen LogP) is 3.54. The minimum Gasteiger partial charge on any atom is -0.269 e. The molecule has 0 fully saturated rings. The van der Waals surface area contributed by atoms with E-state index in [9.17, 15) is 26.4 Å². The first kappa shape index (κ1) is 21.5. The smallest absolute Gasteiger partial charge is 0.256 e. The molecule has 4 aromatic rings. The third kappa shape index (κ3) is 3.94. The molecule has 0 aliphatic carbocycles. The van der Waals surface area contributed by atoms with Gasteiger partial charge < -0.3 is 0 Å². The number of hydrogen-bond donors (Lipinski definition) is 1. The highest BCUT2D eigenvalue weighted by Gasteiger charge is 2.21. The molecule has 7 nitrogen and oxygen atoms in total. The molecule has 0 radical (unpaired) electrons. The van der Waals surface area contributed by atoms with Gasteiger partial charge >= 0.3 is 0 Å². The molecule has 0 atom stereocenters. The summed E-state index contributed by atoms with van der Waals surface area (Å²) in [6, 6.07) is 9.40. The van der Waals surface area contributed by atoms with Gasteiger partial charge in [-0.25, -0.2) is 26.6 Å². The van der Waals surface area contributed by atoms with E-state index in [1.807, 2.05) is 0 Å². The van der Waals surface area contributed by atoms with Crippen LogP contribution in [0, 0.1) is 24.4 Å². The summed E-state index contributed by atoms with van der Waals surface area (Å²) in [5.41, 5.74) is -0.689. The predicted molar refractivity (Wildman–Crippen MR) is 114 cm³/mol. The van der Waals surface area contributed by atoms with Crippen molar-refractivity contribution < 1.29 is 21.6 Å². The van der Waals surface area contributed by atoms with Crippen molar-refractivity contribution in [2.24, 2.45) is 0 Å². The highest BCUT2D eigenvalue weighted by molar-refractivity contribution is 7.91. The number of benzene rings is 2. The van der Waals surface area contributed by atoms with Crippen LogP contribution >= 0.6 is 0 Å². The number of sulfonamides is 1. The fourth-order valence-corrected chi connectivity index (χ4v) is 3.77. The number of aryl methyl sites for hydroxylation is 1. The van der Waals surface area contributed by atoms with Gasteiger partial charge in [0.1, 0.15) is 23.1 Å². The molecule has 0 bridgehead atoms. The second kappa shape index (κ2) is 7.75. The number of nitrogens with one attached hydrogen (secondary N) is 1. The minimum absolute atomic E-state index is 0.143. The van der Waals surface area contributed by atoms with Crippen molar-refractivity contribution in [3.63, 3.8) is 0 Å². The SMILES string of the molecule is Cc1cc(F)ccc1-c1nc(NS(C)(=O)=O)nc2c1ccc(=O)n2-c1c(F)cccc1F. The van der Waals surface area contributed by atoms with Crippen LogP contribution in [0.15, 0.2) is 53.3 Å². The van der Waals surface area contributed by atoms with Crippen molar-refractivity contribution in [2.75, 3.05) is 11.0 Å². The first-order chi connectivity index (χ1) is 15.0. The van der Waals surface area contributed by atoms with Crippen molar-refractivity contribution >= 4 is 27.0 Å². The number of pyridine rings is 1. The summed E-state index contributed by atoms with van der Waals surface area (Å²) >= 11 is 0. The lowest BCUT2D eigenvalue weighted by molar-refractivity contribution is 0.568. The number of para-hydroxylation sites is 1. The number of anilines is 1. The molecule has 11 heteroatoms. The van der Waals surface area contributed by atoms with E-state index >= 15 is 0 Å². The van der Waals surface area contributed by atoms with Crippen molar-refractivity contribution in [3.8, 4) is 16.9 Å². The average molecular weight is 460 g/mol. The molecule has 2 aromatic carbocycles. The van der Waals surface area contributed by atoms with Gasteiger partial charge in [0.25, 0.3) is 5.56 Å². The van der Waals surface area contributed by atoms with Gasteiger partial charge in [-0.2, -0.15) is 4.98 Å². The molecule has 0 unspecified atom stereocenters. The molecule has 0 saturated carbocycles. The average Bonchev–Trinajstić information content (AvgIpc) is 2.67. The summed E-state index contributed by atoms with van der Waals surface area (Å²) in [7, 11) is -3.84. The molecule has 2 aromatic heterocycles. The maximum atomic E-state index is 14.6. The maximum Gasteiger partial charge on any atom is 0.256 e. The Morgan fingerprint density at radius 3 is 2.28 bits per heavy atom. The van der Waals surface area contributed by atoms with Crippen molar-refractivity contribution in [1.29, 1.82) is 0 Å². The highest BCUT2D eigenvalue weighted by atomic mass is 32.2. The Labute approximate surface area is 180 Å². The maximum absolute atomic E-state index is 14.6. The molecule has 32 heavy (non-hydrogen) atoms. The Morgan fingerprint density at radius 1 is 0.969 bits per heavy atom. The largest absolute Gasteiger partial charge is 0.269 e. The molecule has 0 amide bonds. The molecule has 1 N–H and O–H groups in total. The van der Waals surface area contributed by atoms with E-state index in [4.69, 9.17) is 0 Å². The number of halogens is 3. The van der Waals surface area contributed by atoms with E-state index in [0.717, 1.165) is 30.5 Å². The molecular weight excluding hydrogens is 445 g/mol. The van der Waals surface area contributed by atoms with Gasteiger partial charge in [-0.3, -0.25) is 14.1 Å². The van der Waals surface area contributed by atoms with E-state index < -0.39 is 44.7 Å². The zero-order valence-corrected chi connectivity index (χ0v) is 17.5. The van der Waals surface area contributed by atoms with Gasteiger partial charge in [-0.15, -0.1) is 0 Å². The van der Waals surface area contributed by atoms with E-state index in [0.29, 0.717) is 15.7 Å². The third-order valence-corrected chi connectivity index (χ3v) is 5.19. The Kier molecular flexibility index (Phi) is 5.21. The van der Waals surface area contributed by atoms with Gasteiger partial charge in [0.15, 0.2) is 5.65 Å². The Hall–Kier alpha value is -3.73. The van der Waals surface area contributed by atoms with Crippen molar-refractivity contribution in [3.05, 3.63) is 81.9 Å². The molecule has 0 saturated heterocycles. The van der Waals surface area contributed by atoms with Crippen LogP contribution in [0.1, 0.15) is 5.56 Å². The van der Waals surface area contributed by atoms with E-state index in [-0.39, 0.29) is 16.7 Å². The summed E-state index contributed by atoms with van der Waals surface area (Å²) in [6.07, 6.45) is 0.873. The Bertz CT molecular complexity index is 1530. The summed E-state index contributed by atoms with van der Waals surface area (Å²) < 4.78 is 69.2. The Balaban J connectivity index is 2.17. The summed E-state index contributed by atoms with van der Waals surface area (Å²) in [4.78, 5) is 21.0. The number of aromatic nitrogens is 3. The molecule has 164 valence electrons. The monoisotopic (exact) mass is 460 g/mol. The first-order valence-electron chi connectivity index (χ1n) is 9.17. The number of nitrogens with zero attached hydrogens (tertiary/aromatic N) is 3. The van der Waals surface area contributed by atoms with E-state index in [2.05, 4.69) is 14.7 Å². The van der Waals surface area contributed by atoms with Crippen LogP contribution in [0.2, 0.25) is 0 Å². The summed E-state index contributed by atoms with van der Waals surface area (Å²) in [5, 5.41) is 0.195. The number of fused-ring (bicyclic) bond motifs is 1. The van der Waals surface area contributed by atoms with Crippen LogP contribution in [-0.2, 0) is 10.0 Å². The van der Waals surface area contributed by atoms with Crippen molar-refractivity contribution in [1.82, 2.24) is 14.5 Å². The van der Waals surface area contributed by atoms with Gasteiger partial charge in [0.2, 0.25) is 16.0 Å². The second-order valence-corrected chi connectivity index (χ2v) is 8.79. The van der Waals surface area contributed by atoms with Crippen LogP contribution in [0.5, 0.6) is 0 Å². The van der Waals surface area contributed by atoms with E-state index in [1.165, 1.54) is 24.3 Å². The summed E-state index contributed by atoms with van der Waals surface area (Å²) in [6.45, 7) is 1.61. The minimum atomic E-state index is -3.84. The van der Waals surface area contributed by atoms with Crippen molar-refractivity contribution in [2.45, 2.75) is 6.92 Å². The van der Waals surface area contributed by atoms with Gasteiger partial charge in [-0.05, 0) is 48.9 Å². The third-order valence-electron chi connectivity index (χ3n) is 4.63. The lowest BCUT2D eigenvalue weighted by Gasteiger charge is -2.15. The summed E-state index contributed by atoms with van der Waals surface area (Å²) in [5.74, 6) is -2.95. The topological polar surface area (TPSA) is 94.0 Å². The van der Waals surface area contributed by atoms with Crippen LogP contribution < -0.4 is 10.3 Å². The second-order valence-electron chi connectivity index (χ2n) is 7.04. The fraction of sp³-hybridized carbons (Fsp3) is 0.0952. The van der Waals surface area contributed by atoms with Crippen LogP contribution in [0.4, 0.5) is 19.1 Å².